The van der Waals surface area contributed by atoms with Crippen molar-refractivity contribution in [3.05, 3.63) is 58.7 Å². The number of rotatable bonds is 4. The zero-order valence-electron chi connectivity index (χ0n) is 11.9. The second-order valence-corrected chi connectivity index (χ2v) is 4.70. The summed E-state index contributed by atoms with van der Waals surface area (Å²) < 4.78 is 11.0. The zero-order chi connectivity index (χ0) is 14.5. The van der Waals surface area contributed by atoms with Crippen molar-refractivity contribution in [2.75, 3.05) is 7.11 Å². The lowest BCUT2D eigenvalue weighted by atomic mass is 10.1. The zero-order valence-corrected chi connectivity index (χ0v) is 11.9. The Balaban J connectivity index is 2.15. The second kappa shape index (κ2) is 6.12. The van der Waals surface area contributed by atoms with Crippen molar-refractivity contribution in [1.29, 1.82) is 5.26 Å². The summed E-state index contributed by atoms with van der Waals surface area (Å²) in [5.74, 6) is 1.46. The predicted molar refractivity (Wildman–Crippen MR) is 78.0 cm³/mol. The van der Waals surface area contributed by atoms with Gasteiger partial charge in [0, 0.05) is 0 Å². The Kier molecular flexibility index (Phi) is 4.27. The van der Waals surface area contributed by atoms with Crippen molar-refractivity contribution in [1.82, 2.24) is 0 Å². The molecule has 0 amide bonds. The molecule has 0 aromatic heterocycles. The van der Waals surface area contributed by atoms with Gasteiger partial charge in [-0.25, -0.2) is 0 Å². The third-order valence-corrected chi connectivity index (χ3v) is 3.12. The van der Waals surface area contributed by atoms with Gasteiger partial charge < -0.3 is 9.47 Å². The van der Waals surface area contributed by atoms with Crippen LogP contribution >= 0.6 is 0 Å². The molecule has 0 N–H and O–H groups in total. The molecule has 0 heterocycles. The first-order valence-corrected chi connectivity index (χ1v) is 6.41. The molecule has 3 nitrogen and oxygen atoms in total. The van der Waals surface area contributed by atoms with Crippen LogP contribution in [0.25, 0.3) is 0 Å². The van der Waals surface area contributed by atoms with Gasteiger partial charge >= 0.3 is 0 Å². The Morgan fingerprint density at radius 3 is 2.55 bits per heavy atom. The minimum atomic E-state index is 0.433. The molecule has 102 valence electrons. The minimum absolute atomic E-state index is 0.433. The summed E-state index contributed by atoms with van der Waals surface area (Å²) >= 11 is 0. The van der Waals surface area contributed by atoms with Crippen molar-refractivity contribution in [2.45, 2.75) is 20.5 Å². The van der Waals surface area contributed by atoms with Gasteiger partial charge in [-0.3, -0.25) is 0 Å². The van der Waals surface area contributed by atoms with E-state index in [1.165, 1.54) is 0 Å². The lowest BCUT2D eigenvalue weighted by Crippen LogP contribution is -1.99. The lowest BCUT2D eigenvalue weighted by Gasteiger charge is -2.11. The van der Waals surface area contributed by atoms with E-state index < -0.39 is 0 Å². The van der Waals surface area contributed by atoms with Gasteiger partial charge in [0.05, 0.1) is 12.7 Å². The van der Waals surface area contributed by atoms with Crippen LogP contribution in [0.1, 0.15) is 22.3 Å². The third kappa shape index (κ3) is 3.10. The van der Waals surface area contributed by atoms with Gasteiger partial charge in [-0.05, 0) is 48.7 Å². The molecule has 0 saturated heterocycles. The minimum Gasteiger partial charge on any atom is -0.495 e. The fraction of sp³-hybridized carbons (Fsp3) is 0.235. The van der Waals surface area contributed by atoms with E-state index in [4.69, 9.17) is 14.7 Å². The molecule has 0 spiro atoms. The predicted octanol–water partition coefficient (Wildman–Crippen LogP) is 3.76. The van der Waals surface area contributed by atoms with Crippen LogP contribution in [0.3, 0.4) is 0 Å². The fourth-order valence-electron chi connectivity index (χ4n) is 1.96. The Bertz CT molecular complexity index is 657. The Labute approximate surface area is 119 Å². The van der Waals surface area contributed by atoms with E-state index in [0.717, 1.165) is 22.4 Å². The van der Waals surface area contributed by atoms with Crippen LogP contribution in [0.15, 0.2) is 36.4 Å². The van der Waals surface area contributed by atoms with E-state index in [1.54, 1.807) is 19.2 Å². The lowest BCUT2D eigenvalue weighted by molar-refractivity contribution is 0.303. The molecular formula is C17H17NO2. The van der Waals surface area contributed by atoms with Crippen LogP contribution in [0.2, 0.25) is 0 Å². The van der Waals surface area contributed by atoms with Crippen molar-refractivity contribution >= 4 is 0 Å². The number of nitriles is 1. The summed E-state index contributed by atoms with van der Waals surface area (Å²) in [5, 5.41) is 9.07. The van der Waals surface area contributed by atoms with Gasteiger partial charge in [0.1, 0.15) is 24.2 Å². The van der Waals surface area contributed by atoms with Crippen molar-refractivity contribution < 1.29 is 9.47 Å². The Morgan fingerprint density at radius 1 is 1.05 bits per heavy atom. The first-order chi connectivity index (χ1) is 9.63. The molecule has 0 unspecified atom stereocenters. The molecule has 0 bridgehead atoms. The molecule has 0 aliphatic heterocycles. The quantitative estimate of drug-likeness (QED) is 0.847. The first kappa shape index (κ1) is 14.0. The van der Waals surface area contributed by atoms with E-state index >= 15 is 0 Å². The van der Waals surface area contributed by atoms with Gasteiger partial charge in [-0.2, -0.15) is 5.26 Å². The smallest absolute Gasteiger partial charge is 0.136 e. The molecule has 0 aliphatic rings. The summed E-state index contributed by atoms with van der Waals surface area (Å²) in [6.45, 7) is 4.49. The van der Waals surface area contributed by atoms with Gasteiger partial charge in [0.25, 0.3) is 0 Å². The maximum Gasteiger partial charge on any atom is 0.136 e. The number of ether oxygens (including phenoxy) is 2. The number of hydrogen-bond acceptors (Lipinski definition) is 3. The molecule has 2 aromatic rings. The van der Waals surface area contributed by atoms with E-state index in [9.17, 15) is 0 Å². The number of hydrogen-bond donors (Lipinski definition) is 0. The number of benzene rings is 2. The topological polar surface area (TPSA) is 42.2 Å². The molecule has 20 heavy (non-hydrogen) atoms. The maximum absolute atomic E-state index is 9.07. The Morgan fingerprint density at radius 2 is 1.85 bits per heavy atom. The van der Waals surface area contributed by atoms with Crippen LogP contribution in [0, 0.1) is 25.2 Å². The highest BCUT2D eigenvalue weighted by Gasteiger charge is 2.05. The maximum atomic E-state index is 9.07. The van der Waals surface area contributed by atoms with E-state index in [1.807, 2.05) is 32.0 Å². The normalized spacial score (nSPS) is 9.90. The summed E-state index contributed by atoms with van der Waals surface area (Å²) in [4.78, 5) is 0. The molecule has 0 fully saturated rings. The highest BCUT2D eigenvalue weighted by Crippen LogP contribution is 2.22. The van der Waals surface area contributed by atoms with Crippen LogP contribution < -0.4 is 9.47 Å². The summed E-state index contributed by atoms with van der Waals surface area (Å²) in [7, 11) is 1.56. The van der Waals surface area contributed by atoms with E-state index in [0.29, 0.717) is 17.9 Å². The highest BCUT2D eigenvalue weighted by molar-refractivity contribution is 5.45. The van der Waals surface area contributed by atoms with Crippen LogP contribution in [-0.2, 0) is 6.61 Å². The number of methoxy groups -OCH3 is 1. The van der Waals surface area contributed by atoms with Crippen LogP contribution in [0.5, 0.6) is 11.5 Å². The largest absolute Gasteiger partial charge is 0.495 e. The van der Waals surface area contributed by atoms with Crippen LogP contribution in [-0.4, -0.2) is 7.11 Å². The molecule has 2 rings (SSSR count). The monoisotopic (exact) mass is 267 g/mol. The molecule has 0 saturated carbocycles. The summed E-state index contributed by atoms with van der Waals surface area (Å²) in [6.07, 6.45) is 0. The second-order valence-electron chi connectivity index (χ2n) is 4.70. The van der Waals surface area contributed by atoms with Crippen LogP contribution in [0.4, 0.5) is 0 Å². The summed E-state index contributed by atoms with van der Waals surface area (Å²) in [6, 6.07) is 13.7. The molecule has 0 radical (unpaired) electrons. The third-order valence-electron chi connectivity index (χ3n) is 3.12. The number of nitrogens with zero attached hydrogens (tertiary/aromatic N) is 1. The van der Waals surface area contributed by atoms with Gasteiger partial charge in [0.2, 0.25) is 0 Å². The molecule has 0 aliphatic carbocycles. The van der Waals surface area contributed by atoms with E-state index in [-0.39, 0.29) is 0 Å². The summed E-state index contributed by atoms with van der Waals surface area (Å²) in [5.41, 5.74) is 3.74. The fourth-order valence-corrected chi connectivity index (χ4v) is 1.96. The van der Waals surface area contributed by atoms with E-state index in [2.05, 4.69) is 12.1 Å². The van der Waals surface area contributed by atoms with Gasteiger partial charge in [0.15, 0.2) is 0 Å². The first-order valence-electron chi connectivity index (χ1n) is 6.41. The molecular weight excluding hydrogens is 250 g/mol. The van der Waals surface area contributed by atoms with Crippen molar-refractivity contribution in [3.63, 3.8) is 0 Å². The number of aryl methyl sites for hydroxylation is 2. The van der Waals surface area contributed by atoms with Crippen molar-refractivity contribution in [2.24, 2.45) is 0 Å². The molecule has 2 aromatic carbocycles. The highest BCUT2D eigenvalue weighted by atomic mass is 16.5. The van der Waals surface area contributed by atoms with Gasteiger partial charge in [-0.1, -0.05) is 18.2 Å². The van der Waals surface area contributed by atoms with Crippen molar-refractivity contribution in [3.8, 4) is 17.6 Å². The standard InChI is InChI=1S/C17H17NO2/c1-12-4-5-13(2)17(8-12)20-11-14-6-7-16(19-3)15(9-14)10-18/h4-9H,11H2,1-3H3. The average molecular weight is 267 g/mol. The molecule has 0 atom stereocenters. The molecule has 3 heteroatoms. The SMILES string of the molecule is COc1ccc(COc2cc(C)ccc2C)cc1C#N. The average Bonchev–Trinajstić information content (AvgIpc) is 2.47. The Hall–Kier alpha value is -2.47. The van der Waals surface area contributed by atoms with Gasteiger partial charge in [-0.15, -0.1) is 0 Å².